The zero-order valence-electron chi connectivity index (χ0n) is 12.7. The minimum atomic E-state index is -1.22. The van der Waals surface area contributed by atoms with Crippen molar-refractivity contribution in [3.8, 4) is 17.0 Å². The smallest absolute Gasteiger partial charge is 0.237 e. The first-order valence-electron chi connectivity index (χ1n) is 7.00. The first-order chi connectivity index (χ1) is 10.6. The van der Waals surface area contributed by atoms with Crippen LogP contribution in [0, 0.1) is 0 Å². The fourth-order valence-electron chi connectivity index (χ4n) is 2.26. The van der Waals surface area contributed by atoms with Crippen LogP contribution in [0.15, 0.2) is 47.8 Å². The molecule has 0 saturated heterocycles. The van der Waals surface area contributed by atoms with Crippen LogP contribution in [0.1, 0.15) is 13.8 Å². The number of para-hydroxylation sites is 1. The highest BCUT2D eigenvalue weighted by Crippen LogP contribution is 2.31. The molecule has 1 aromatic carbocycles. The molecule has 3 aromatic rings. The molecule has 0 aliphatic rings. The molecule has 0 fully saturated rings. The highest BCUT2D eigenvalue weighted by molar-refractivity contribution is 7.84. The molecular formula is C16H17N3O2S. The van der Waals surface area contributed by atoms with Gasteiger partial charge in [0.1, 0.15) is 5.75 Å². The molecule has 2 aromatic heterocycles. The Morgan fingerprint density at radius 2 is 1.95 bits per heavy atom. The van der Waals surface area contributed by atoms with Crippen molar-refractivity contribution < 1.29 is 8.95 Å². The third-order valence-corrected chi connectivity index (χ3v) is 3.86. The fourth-order valence-corrected chi connectivity index (χ4v) is 2.65. The monoisotopic (exact) mass is 315 g/mol. The average molecular weight is 315 g/mol. The summed E-state index contributed by atoms with van der Waals surface area (Å²) in [6.45, 7) is 3.99. The molecular weight excluding hydrogens is 298 g/mol. The maximum Gasteiger partial charge on any atom is 0.237 e. The predicted molar refractivity (Wildman–Crippen MR) is 86.5 cm³/mol. The second-order valence-electron chi connectivity index (χ2n) is 5.21. The number of benzene rings is 1. The molecule has 0 bridgehead atoms. The van der Waals surface area contributed by atoms with Crippen molar-refractivity contribution in [1.82, 2.24) is 14.6 Å². The zero-order valence-corrected chi connectivity index (χ0v) is 13.5. The van der Waals surface area contributed by atoms with Crippen molar-refractivity contribution in [1.29, 1.82) is 0 Å². The summed E-state index contributed by atoms with van der Waals surface area (Å²) in [7, 11) is -1.22. The number of aromatic nitrogens is 3. The van der Waals surface area contributed by atoms with Gasteiger partial charge in [-0.05, 0) is 38.1 Å². The number of hydrogen-bond acceptors (Lipinski definition) is 4. The van der Waals surface area contributed by atoms with E-state index in [1.54, 1.807) is 17.0 Å². The molecule has 114 valence electrons. The first-order valence-corrected chi connectivity index (χ1v) is 8.56. The van der Waals surface area contributed by atoms with Crippen molar-refractivity contribution in [3.63, 3.8) is 0 Å². The Hall–Kier alpha value is -2.21. The van der Waals surface area contributed by atoms with Gasteiger partial charge in [-0.25, -0.2) is 9.50 Å². The van der Waals surface area contributed by atoms with E-state index < -0.39 is 10.8 Å². The molecule has 2 heterocycles. The van der Waals surface area contributed by atoms with E-state index in [0.717, 1.165) is 22.5 Å². The minimum absolute atomic E-state index is 0.0840. The summed E-state index contributed by atoms with van der Waals surface area (Å²) in [5.74, 6) is 0.801. The number of ether oxygens (including phenoxy) is 1. The lowest BCUT2D eigenvalue weighted by molar-refractivity contribution is 0.243. The average Bonchev–Trinajstić information content (AvgIpc) is 2.90. The van der Waals surface area contributed by atoms with Gasteiger partial charge in [-0.2, -0.15) is 0 Å². The van der Waals surface area contributed by atoms with Crippen LogP contribution in [0.25, 0.3) is 16.8 Å². The second-order valence-corrected chi connectivity index (χ2v) is 6.49. The lowest BCUT2D eigenvalue weighted by Crippen LogP contribution is -2.07. The Labute approximate surface area is 131 Å². The summed E-state index contributed by atoms with van der Waals surface area (Å²) in [4.78, 5) is 4.12. The van der Waals surface area contributed by atoms with Crippen molar-refractivity contribution >= 4 is 16.3 Å². The zero-order chi connectivity index (χ0) is 15.7. The third-order valence-electron chi connectivity index (χ3n) is 3.16. The quantitative estimate of drug-likeness (QED) is 0.743. The molecule has 1 unspecified atom stereocenters. The van der Waals surface area contributed by atoms with Gasteiger partial charge in [0.25, 0.3) is 0 Å². The van der Waals surface area contributed by atoms with E-state index in [-0.39, 0.29) is 6.10 Å². The van der Waals surface area contributed by atoms with E-state index >= 15 is 0 Å². The standard InChI is InChI=1S/C16H17N3O2S/c1-11(2)21-15-7-5-4-6-13(15)14-9-8-12-10-17-16(22(3)20)18-19(12)14/h4-11H,1-3H3. The molecule has 22 heavy (non-hydrogen) atoms. The van der Waals surface area contributed by atoms with Crippen molar-refractivity contribution in [2.75, 3.05) is 6.26 Å². The number of rotatable bonds is 4. The predicted octanol–water partition coefficient (Wildman–Crippen LogP) is 2.92. The van der Waals surface area contributed by atoms with Crippen molar-refractivity contribution in [2.45, 2.75) is 25.1 Å². The second kappa shape index (κ2) is 5.88. The summed E-state index contributed by atoms with van der Waals surface area (Å²) in [6.07, 6.45) is 3.33. The van der Waals surface area contributed by atoms with Gasteiger partial charge in [0.05, 0.1) is 34.3 Å². The van der Waals surface area contributed by atoms with Crippen LogP contribution in [0.4, 0.5) is 0 Å². The highest BCUT2D eigenvalue weighted by Gasteiger charge is 2.13. The molecule has 0 spiro atoms. The highest BCUT2D eigenvalue weighted by atomic mass is 32.2. The summed E-state index contributed by atoms with van der Waals surface area (Å²) in [6, 6.07) is 11.7. The Morgan fingerprint density at radius 1 is 1.18 bits per heavy atom. The van der Waals surface area contributed by atoms with Crippen molar-refractivity contribution in [2.24, 2.45) is 0 Å². The molecule has 0 saturated carbocycles. The first kappa shape index (κ1) is 14.7. The lowest BCUT2D eigenvalue weighted by Gasteiger charge is -2.14. The largest absolute Gasteiger partial charge is 0.490 e. The Balaban J connectivity index is 2.18. The topological polar surface area (TPSA) is 56.5 Å². The molecule has 6 heteroatoms. The molecule has 0 aliphatic heterocycles. The van der Waals surface area contributed by atoms with Crippen LogP contribution < -0.4 is 4.74 Å². The molecule has 3 rings (SSSR count). The van der Waals surface area contributed by atoms with E-state index in [2.05, 4.69) is 10.1 Å². The number of fused-ring (bicyclic) bond motifs is 1. The molecule has 1 atom stereocenters. The van der Waals surface area contributed by atoms with Gasteiger partial charge in [0, 0.05) is 11.8 Å². The van der Waals surface area contributed by atoms with E-state index in [4.69, 9.17) is 4.74 Å². The summed E-state index contributed by atoms with van der Waals surface area (Å²) >= 11 is 0. The Bertz CT molecular complexity index is 842. The Kier molecular flexibility index (Phi) is 3.94. The van der Waals surface area contributed by atoms with Gasteiger partial charge in [-0.1, -0.05) is 12.1 Å². The van der Waals surface area contributed by atoms with Gasteiger partial charge in [-0.3, -0.25) is 4.21 Å². The fraction of sp³-hybridized carbons (Fsp3) is 0.250. The van der Waals surface area contributed by atoms with Crippen LogP contribution >= 0.6 is 0 Å². The maximum atomic E-state index is 11.6. The number of hydrogen-bond donors (Lipinski definition) is 0. The van der Waals surface area contributed by atoms with Gasteiger partial charge in [-0.15, -0.1) is 5.10 Å². The lowest BCUT2D eigenvalue weighted by atomic mass is 10.1. The molecule has 0 radical (unpaired) electrons. The van der Waals surface area contributed by atoms with Crippen LogP contribution in [-0.4, -0.2) is 31.2 Å². The van der Waals surface area contributed by atoms with E-state index in [0.29, 0.717) is 5.16 Å². The van der Waals surface area contributed by atoms with Gasteiger partial charge >= 0.3 is 0 Å². The van der Waals surface area contributed by atoms with Gasteiger partial charge in [0.2, 0.25) is 5.16 Å². The summed E-state index contributed by atoms with van der Waals surface area (Å²) in [5, 5.41) is 4.69. The van der Waals surface area contributed by atoms with Crippen LogP contribution in [0.5, 0.6) is 5.75 Å². The molecule has 5 nitrogen and oxygen atoms in total. The molecule has 0 N–H and O–H groups in total. The number of nitrogens with zero attached hydrogens (tertiary/aromatic N) is 3. The SMILES string of the molecule is CC(C)Oc1ccccc1-c1ccc2cnc(S(C)=O)nn12. The summed E-state index contributed by atoms with van der Waals surface area (Å²) in [5.41, 5.74) is 2.69. The van der Waals surface area contributed by atoms with Crippen LogP contribution in [-0.2, 0) is 10.8 Å². The minimum Gasteiger partial charge on any atom is -0.490 e. The van der Waals surface area contributed by atoms with Crippen molar-refractivity contribution in [3.05, 3.63) is 42.6 Å². The van der Waals surface area contributed by atoms with Gasteiger partial charge in [0.15, 0.2) is 0 Å². The molecule has 0 aliphatic carbocycles. The molecule has 0 amide bonds. The van der Waals surface area contributed by atoms with E-state index in [9.17, 15) is 4.21 Å². The van der Waals surface area contributed by atoms with Crippen LogP contribution in [0.3, 0.4) is 0 Å². The normalized spacial score (nSPS) is 12.7. The Morgan fingerprint density at radius 3 is 2.68 bits per heavy atom. The summed E-state index contributed by atoms with van der Waals surface area (Å²) < 4.78 is 19.3. The van der Waals surface area contributed by atoms with Gasteiger partial charge < -0.3 is 4.74 Å². The van der Waals surface area contributed by atoms with Crippen LogP contribution in [0.2, 0.25) is 0 Å². The maximum absolute atomic E-state index is 11.6. The van der Waals surface area contributed by atoms with E-state index in [1.165, 1.54) is 0 Å². The van der Waals surface area contributed by atoms with E-state index in [1.807, 2.05) is 50.2 Å². The third kappa shape index (κ3) is 2.74.